The lowest BCUT2D eigenvalue weighted by Gasteiger charge is -2.29. The largest absolute Gasteiger partial charge is 0.481 e. The molecule has 1 saturated heterocycles. The molecular formula is C18H25NO3. The van der Waals surface area contributed by atoms with Gasteiger partial charge in [-0.3, -0.25) is 9.59 Å². The third-order valence-corrected chi connectivity index (χ3v) is 4.51. The molecule has 4 nitrogen and oxygen atoms in total. The van der Waals surface area contributed by atoms with Crippen LogP contribution in [0, 0.1) is 11.3 Å². The van der Waals surface area contributed by atoms with Crippen molar-refractivity contribution in [2.24, 2.45) is 11.3 Å². The minimum atomic E-state index is -0.794. The van der Waals surface area contributed by atoms with Crippen LogP contribution in [0.4, 0.5) is 0 Å². The van der Waals surface area contributed by atoms with Gasteiger partial charge in [-0.05, 0) is 31.2 Å². The third-order valence-electron chi connectivity index (χ3n) is 4.51. The molecule has 1 aliphatic rings. The number of hydrogen-bond acceptors (Lipinski definition) is 2. The Labute approximate surface area is 132 Å². The molecule has 1 atom stereocenters. The fourth-order valence-electron chi connectivity index (χ4n) is 3.06. The fraction of sp³-hybridized carbons (Fsp3) is 0.556. The van der Waals surface area contributed by atoms with E-state index in [4.69, 9.17) is 5.11 Å². The topological polar surface area (TPSA) is 57.6 Å². The average molecular weight is 303 g/mol. The smallest absolute Gasteiger partial charge is 0.308 e. The van der Waals surface area contributed by atoms with E-state index < -0.39 is 17.3 Å². The van der Waals surface area contributed by atoms with E-state index in [1.807, 2.05) is 32.0 Å². The Morgan fingerprint density at radius 1 is 1.27 bits per heavy atom. The minimum absolute atomic E-state index is 0.0873. The van der Waals surface area contributed by atoms with Crippen LogP contribution in [0.5, 0.6) is 0 Å². The van der Waals surface area contributed by atoms with Crippen molar-refractivity contribution >= 4 is 11.9 Å². The predicted molar refractivity (Wildman–Crippen MR) is 85.5 cm³/mol. The Kier molecular flexibility index (Phi) is 5.22. The maximum Gasteiger partial charge on any atom is 0.308 e. The first kappa shape index (κ1) is 16.5. The Morgan fingerprint density at radius 3 is 2.55 bits per heavy atom. The molecule has 0 aliphatic carbocycles. The molecule has 1 aromatic rings. The summed E-state index contributed by atoms with van der Waals surface area (Å²) in [4.78, 5) is 25.3. The van der Waals surface area contributed by atoms with Crippen molar-refractivity contribution in [2.45, 2.75) is 39.5 Å². The Hall–Kier alpha value is -1.84. The molecule has 1 aliphatic heterocycles. The van der Waals surface area contributed by atoms with E-state index in [1.54, 1.807) is 4.90 Å². The maximum absolute atomic E-state index is 12.6. The molecule has 1 amide bonds. The van der Waals surface area contributed by atoms with Crippen LogP contribution in [0.25, 0.3) is 0 Å². The van der Waals surface area contributed by atoms with E-state index in [0.29, 0.717) is 19.5 Å². The van der Waals surface area contributed by atoms with Crippen molar-refractivity contribution in [3.8, 4) is 0 Å². The number of carbonyl (C=O) groups is 2. The van der Waals surface area contributed by atoms with Crippen molar-refractivity contribution < 1.29 is 14.7 Å². The first-order valence-electron chi connectivity index (χ1n) is 7.96. The molecule has 1 fully saturated rings. The van der Waals surface area contributed by atoms with Crippen LogP contribution in [0.2, 0.25) is 0 Å². The number of aliphatic carboxylic acids is 1. The van der Waals surface area contributed by atoms with E-state index in [2.05, 4.69) is 12.1 Å². The molecule has 0 radical (unpaired) electrons. The zero-order valence-corrected chi connectivity index (χ0v) is 13.4. The van der Waals surface area contributed by atoms with Crippen LogP contribution in [0.15, 0.2) is 30.3 Å². The van der Waals surface area contributed by atoms with Crippen molar-refractivity contribution in [1.29, 1.82) is 0 Å². The monoisotopic (exact) mass is 303 g/mol. The Balaban J connectivity index is 1.84. The normalized spacial score (nSPS) is 18.5. The average Bonchev–Trinajstić information content (AvgIpc) is 2.97. The summed E-state index contributed by atoms with van der Waals surface area (Å²) < 4.78 is 0. The van der Waals surface area contributed by atoms with Gasteiger partial charge in [0.1, 0.15) is 0 Å². The number of hydrogen-bond donors (Lipinski definition) is 1. The number of carbonyl (C=O) groups excluding carboxylic acids is 1. The van der Waals surface area contributed by atoms with E-state index >= 15 is 0 Å². The summed E-state index contributed by atoms with van der Waals surface area (Å²) in [5.74, 6) is -1.11. The highest BCUT2D eigenvalue weighted by molar-refractivity contribution is 5.83. The van der Waals surface area contributed by atoms with Gasteiger partial charge in [-0.15, -0.1) is 0 Å². The molecule has 1 heterocycles. The number of benzene rings is 1. The number of carboxylic acid groups (broad SMARTS) is 1. The molecule has 0 spiro atoms. The quantitative estimate of drug-likeness (QED) is 0.879. The van der Waals surface area contributed by atoms with Crippen LogP contribution < -0.4 is 0 Å². The zero-order valence-electron chi connectivity index (χ0n) is 13.4. The summed E-state index contributed by atoms with van der Waals surface area (Å²) in [7, 11) is 0. The summed E-state index contributed by atoms with van der Waals surface area (Å²) in [6.07, 6.45) is 3.31. The predicted octanol–water partition coefficient (Wildman–Crippen LogP) is 2.97. The SMILES string of the molecule is CC(C)(CCCc1ccccc1)C(=O)N1CCC(C(=O)O)C1. The summed E-state index contributed by atoms with van der Waals surface area (Å²) in [6, 6.07) is 10.3. The summed E-state index contributed by atoms with van der Waals surface area (Å²) in [6.45, 7) is 4.86. The van der Waals surface area contributed by atoms with Gasteiger partial charge in [0.2, 0.25) is 5.91 Å². The fourth-order valence-corrected chi connectivity index (χ4v) is 3.06. The molecule has 1 unspecified atom stereocenters. The van der Waals surface area contributed by atoms with Gasteiger partial charge in [-0.25, -0.2) is 0 Å². The molecule has 4 heteroatoms. The highest BCUT2D eigenvalue weighted by atomic mass is 16.4. The van der Waals surface area contributed by atoms with Gasteiger partial charge in [0, 0.05) is 18.5 Å². The first-order chi connectivity index (χ1) is 10.4. The number of nitrogens with zero attached hydrogens (tertiary/aromatic N) is 1. The molecular weight excluding hydrogens is 278 g/mol. The number of amides is 1. The lowest BCUT2D eigenvalue weighted by molar-refractivity contribution is -0.142. The minimum Gasteiger partial charge on any atom is -0.481 e. The van der Waals surface area contributed by atoms with E-state index in [-0.39, 0.29) is 5.91 Å². The maximum atomic E-state index is 12.6. The van der Waals surface area contributed by atoms with Gasteiger partial charge in [-0.2, -0.15) is 0 Å². The van der Waals surface area contributed by atoms with Gasteiger partial charge in [-0.1, -0.05) is 44.2 Å². The molecule has 0 saturated carbocycles. The third kappa shape index (κ3) is 4.09. The first-order valence-corrected chi connectivity index (χ1v) is 7.96. The van der Waals surface area contributed by atoms with Gasteiger partial charge < -0.3 is 10.0 Å². The van der Waals surface area contributed by atoms with Gasteiger partial charge >= 0.3 is 5.97 Å². The second kappa shape index (κ2) is 6.95. The second-order valence-electron chi connectivity index (χ2n) is 6.80. The number of likely N-dealkylation sites (tertiary alicyclic amines) is 1. The Morgan fingerprint density at radius 2 is 1.95 bits per heavy atom. The molecule has 0 aromatic heterocycles. The van der Waals surface area contributed by atoms with Crippen LogP contribution in [0.1, 0.15) is 38.7 Å². The van der Waals surface area contributed by atoms with Crippen LogP contribution in [-0.2, 0) is 16.0 Å². The van der Waals surface area contributed by atoms with Gasteiger partial charge in [0.25, 0.3) is 0 Å². The van der Waals surface area contributed by atoms with Crippen molar-refractivity contribution in [3.63, 3.8) is 0 Å². The second-order valence-corrected chi connectivity index (χ2v) is 6.80. The molecule has 0 bridgehead atoms. The number of rotatable bonds is 6. The highest BCUT2D eigenvalue weighted by Crippen LogP contribution is 2.29. The van der Waals surface area contributed by atoms with Crippen LogP contribution in [-0.4, -0.2) is 35.0 Å². The summed E-state index contributed by atoms with van der Waals surface area (Å²) in [5.41, 5.74) is 0.861. The van der Waals surface area contributed by atoms with Crippen molar-refractivity contribution in [2.75, 3.05) is 13.1 Å². The van der Waals surface area contributed by atoms with Crippen molar-refractivity contribution in [3.05, 3.63) is 35.9 Å². The van der Waals surface area contributed by atoms with E-state index in [1.165, 1.54) is 5.56 Å². The number of carboxylic acids is 1. The lowest BCUT2D eigenvalue weighted by atomic mass is 9.85. The summed E-state index contributed by atoms with van der Waals surface area (Å²) >= 11 is 0. The standard InChI is InChI=1S/C18H25NO3/c1-18(2,11-6-9-14-7-4-3-5-8-14)17(22)19-12-10-15(13-19)16(20)21/h3-5,7-8,15H,6,9-13H2,1-2H3,(H,20,21). The lowest BCUT2D eigenvalue weighted by Crippen LogP contribution is -2.40. The van der Waals surface area contributed by atoms with Crippen LogP contribution >= 0.6 is 0 Å². The van der Waals surface area contributed by atoms with Crippen LogP contribution in [0.3, 0.4) is 0 Å². The highest BCUT2D eigenvalue weighted by Gasteiger charge is 2.37. The molecule has 2 rings (SSSR count). The molecule has 1 aromatic carbocycles. The van der Waals surface area contributed by atoms with E-state index in [0.717, 1.165) is 19.3 Å². The molecule has 22 heavy (non-hydrogen) atoms. The Bertz CT molecular complexity index is 524. The van der Waals surface area contributed by atoms with E-state index in [9.17, 15) is 9.59 Å². The van der Waals surface area contributed by atoms with Gasteiger partial charge in [0.15, 0.2) is 0 Å². The number of aryl methyl sites for hydroxylation is 1. The zero-order chi connectivity index (χ0) is 16.2. The van der Waals surface area contributed by atoms with Crippen molar-refractivity contribution in [1.82, 2.24) is 4.90 Å². The molecule has 120 valence electrons. The molecule has 1 N–H and O–H groups in total. The summed E-state index contributed by atoms with van der Waals surface area (Å²) in [5, 5.41) is 9.05. The van der Waals surface area contributed by atoms with Gasteiger partial charge in [0.05, 0.1) is 5.92 Å².